The molecular weight excluding hydrogens is 358 g/mol. The highest BCUT2D eigenvalue weighted by atomic mass is 16.6. The molecule has 1 aliphatic rings. The van der Waals surface area contributed by atoms with Crippen molar-refractivity contribution in [2.24, 2.45) is 15.9 Å². The summed E-state index contributed by atoms with van der Waals surface area (Å²) in [5.74, 6) is 1.16. The summed E-state index contributed by atoms with van der Waals surface area (Å²) >= 11 is 0. The number of nitrogens with zero attached hydrogens (tertiary/aromatic N) is 2. The molecule has 0 bridgehead atoms. The Labute approximate surface area is 167 Å². The van der Waals surface area contributed by atoms with Crippen LogP contribution in [0.1, 0.15) is 46.2 Å². The van der Waals surface area contributed by atoms with Gasteiger partial charge in [0.25, 0.3) is 0 Å². The molecule has 0 spiro atoms. The topological polar surface area (TPSA) is 81.5 Å². The predicted octanol–water partition coefficient (Wildman–Crippen LogP) is 3.75. The molecule has 2 rings (SSSR count). The Hall–Kier alpha value is -2.57. The summed E-state index contributed by atoms with van der Waals surface area (Å²) in [7, 11) is 3.14. The maximum atomic E-state index is 12.5. The third-order valence-electron chi connectivity index (χ3n) is 4.24. The Morgan fingerprint density at radius 2 is 1.54 bits per heavy atom. The molecule has 0 fully saturated rings. The van der Waals surface area contributed by atoms with E-state index < -0.39 is 23.8 Å². The van der Waals surface area contributed by atoms with Crippen LogP contribution in [0.25, 0.3) is 0 Å². The summed E-state index contributed by atoms with van der Waals surface area (Å²) < 4.78 is 16.5. The monoisotopic (exact) mass is 389 g/mol. The van der Waals surface area contributed by atoms with Crippen molar-refractivity contribution in [2.45, 2.75) is 58.3 Å². The fourth-order valence-corrected chi connectivity index (χ4v) is 2.98. The largest absolute Gasteiger partial charge is 0.483 e. The van der Waals surface area contributed by atoms with Gasteiger partial charge in [0.1, 0.15) is 11.6 Å². The molecule has 0 radical (unpaired) electrons. The van der Waals surface area contributed by atoms with E-state index in [4.69, 9.17) is 24.2 Å². The molecule has 1 N–H and O–H groups in total. The number of carbonyl (C=O) groups is 1. The average Bonchev–Trinajstić information content (AvgIpc) is 2.64. The molecule has 0 aromatic heterocycles. The van der Waals surface area contributed by atoms with E-state index in [9.17, 15) is 4.79 Å². The predicted molar refractivity (Wildman–Crippen MR) is 110 cm³/mol. The van der Waals surface area contributed by atoms with E-state index in [0.717, 1.165) is 5.56 Å². The van der Waals surface area contributed by atoms with E-state index in [-0.39, 0.29) is 12.0 Å². The van der Waals surface area contributed by atoms with E-state index in [0.29, 0.717) is 11.8 Å². The standard InChI is InChI=1S/C21H31N3O4/c1-13(2)15-18(26-6)23-17(19(22-15)27-7)16(14-11-9-8-10-12-14)24-20(25)28-21(3,4)5/h8-13,15-17H,1-7H3,(H,24,25)/t15-,16-,17+/m1/s1. The van der Waals surface area contributed by atoms with Crippen molar-refractivity contribution in [3.63, 3.8) is 0 Å². The highest BCUT2D eigenvalue weighted by Crippen LogP contribution is 2.27. The molecular formula is C21H31N3O4. The first kappa shape index (κ1) is 21.7. The van der Waals surface area contributed by atoms with E-state index in [1.54, 1.807) is 14.2 Å². The smallest absolute Gasteiger partial charge is 0.408 e. The zero-order valence-electron chi connectivity index (χ0n) is 17.7. The van der Waals surface area contributed by atoms with E-state index >= 15 is 0 Å². The number of nitrogens with one attached hydrogen (secondary N) is 1. The molecule has 0 unspecified atom stereocenters. The lowest BCUT2D eigenvalue weighted by molar-refractivity contribution is 0.0499. The molecule has 7 nitrogen and oxygen atoms in total. The summed E-state index contributed by atoms with van der Waals surface area (Å²) in [5.41, 5.74) is 0.255. The van der Waals surface area contributed by atoms with Crippen molar-refractivity contribution in [1.29, 1.82) is 0 Å². The van der Waals surface area contributed by atoms with Crippen LogP contribution in [0.2, 0.25) is 0 Å². The van der Waals surface area contributed by atoms with Gasteiger partial charge in [-0.1, -0.05) is 44.2 Å². The average molecular weight is 389 g/mol. The second-order valence-corrected chi connectivity index (χ2v) is 8.01. The van der Waals surface area contributed by atoms with Gasteiger partial charge in [-0.25, -0.2) is 14.8 Å². The number of alkyl carbamates (subject to hydrolysis) is 1. The first-order valence-electron chi connectivity index (χ1n) is 9.44. The van der Waals surface area contributed by atoms with Crippen molar-refractivity contribution < 1.29 is 19.0 Å². The Bertz CT molecular complexity index is 723. The first-order chi connectivity index (χ1) is 13.2. The van der Waals surface area contributed by atoms with Crippen LogP contribution in [0, 0.1) is 5.92 Å². The Balaban J connectivity index is 2.42. The number of methoxy groups -OCH3 is 2. The number of hydrogen-bond donors (Lipinski definition) is 1. The molecule has 0 saturated heterocycles. The van der Waals surface area contributed by atoms with Gasteiger partial charge in [-0.15, -0.1) is 0 Å². The summed E-state index contributed by atoms with van der Waals surface area (Å²) in [5, 5.41) is 2.93. The summed E-state index contributed by atoms with van der Waals surface area (Å²) in [6, 6.07) is 8.26. The normalized spacial score (nSPS) is 20.7. The minimum atomic E-state index is -0.611. The quantitative estimate of drug-likeness (QED) is 0.850. The molecule has 28 heavy (non-hydrogen) atoms. The number of rotatable bonds is 4. The van der Waals surface area contributed by atoms with Crippen LogP contribution in [0.15, 0.2) is 40.3 Å². The van der Waals surface area contributed by atoms with Gasteiger partial charge in [0.2, 0.25) is 11.8 Å². The lowest BCUT2D eigenvalue weighted by atomic mass is 9.96. The second-order valence-electron chi connectivity index (χ2n) is 8.01. The van der Waals surface area contributed by atoms with Crippen LogP contribution in [-0.4, -0.2) is 49.8 Å². The van der Waals surface area contributed by atoms with Crippen molar-refractivity contribution >= 4 is 17.9 Å². The number of benzene rings is 1. The van der Waals surface area contributed by atoms with Gasteiger partial charge in [0.15, 0.2) is 6.04 Å². The summed E-state index contributed by atoms with van der Waals surface area (Å²) in [6.07, 6.45) is -0.531. The zero-order valence-corrected chi connectivity index (χ0v) is 17.7. The summed E-state index contributed by atoms with van der Waals surface area (Å²) in [4.78, 5) is 22.0. The number of ether oxygens (including phenoxy) is 3. The van der Waals surface area contributed by atoms with Crippen molar-refractivity contribution in [3.05, 3.63) is 35.9 Å². The third-order valence-corrected chi connectivity index (χ3v) is 4.24. The van der Waals surface area contributed by atoms with Gasteiger partial charge >= 0.3 is 6.09 Å². The molecule has 1 aromatic carbocycles. The SMILES string of the molecule is COC1=N[C@H](C(C)C)C(OC)=N[C@H]1[C@H](NC(=O)OC(C)(C)C)c1ccccc1. The molecule has 3 atom stereocenters. The van der Waals surface area contributed by atoms with Crippen LogP contribution in [0.5, 0.6) is 0 Å². The van der Waals surface area contributed by atoms with Crippen molar-refractivity contribution in [2.75, 3.05) is 14.2 Å². The Kier molecular flexibility index (Phi) is 7.05. The van der Waals surface area contributed by atoms with Gasteiger partial charge in [-0.05, 0) is 32.3 Å². The van der Waals surface area contributed by atoms with Gasteiger partial charge in [0.05, 0.1) is 20.3 Å². The van der Waals surface area contributed by atoms with E-state index in [1.807, 2.05) is 65.0 Å². The van der Waals surface area contributed by atoms with Gasteiger partial charge in [-0.3, -0.25) is 0 Å². The van der Waals surface area contributed by atoms with Crippen molar-refractivity contribution in [1.82, 2.24) is 5.32 Å². The molecule has 1 aromatic rings. The van der Waals surface area contributed by atoms with E-state index in [2.05, 4.69) is 5.32 Å². The molecule has 1 aliphatic heterocycles. The van der Waals surface area contributed by atoms with Gasteiger partial charge in [-0.2, -0.15) is 0 Å². The fourth-order valence-electron chi connectivity index (χ4n) is 2.98. The Morgan fingerprint density at radius 3 is 2.04 bits per heavy atom. The van der Waals surface area contributed by atoms with Crippen LogP contribution in [0.3, 0.4) is 0 Å². The summed E-state index contributed by atoms with van der Waals surface area (Å²) in [6.45, 7) is 9.55. The lowest BCUT2D eigenvalue weighted by Crippen LogP contribution is -2.46. The van der Waals surface area contributed by atoms with Gasteiger partial charge in [0, 0.05) is 0 Å². The van der Waals surface area contributed by atoms with E-state index in [1.165, 1.54) is 0 Å². The molecule has 1 heterocycles. The van der Waals surface area contributed by atoms with Gasteiger partial charge < -0.3 is 19.5 Å². The first-order valence-corrected chi connectivity index (χ1v) is 9.44. The van der Waals surface area contributed by atoms with Crippen LogP contribution >= 0.6 is 0 Å². The molecule has 154 valence electrons. The number of amides is 1. The molecule has 7 heteroatoms. The Morgan fingerprint density at radius 1 is 1.00 bits per heavy atom. The van der Waals surface area contributed by atoms with Crippen molar-refractivity contribution in [3.8, 4) is 0 Å². The number of hydrogen-bond acceptors (Lipinski definition) is 6. The maximum absolute atomic E-state index is 12.5. The fraction of sp³-hybridized carbons (Fsp3) is 0.571. The highest BCUT2D eigenvalue weighted by Gasteiger charge is 2.37. The molecule has 0 saturated carbocycles. The van der Waals surface area contributed by atoms with Crippen LogP contribution in [0.4, 0.5) is 4.79 Å². The lowest BCUT2D eigenvalue weighted by Gasteiger charge is -2.32. The third kappa shape index (κ3) is 5.47. The molecule has 1 amide bonds. The second kappa shape index (κ2) is 9.08. The maximum Gasteiger partial charge on any atom is 0.408 e. The zero-order chi connectivity index (χ0) is 20.9. The minimum Gasteiger partial charge on any atom is -0.483 e. The number of carbonyl (C=O) groups excluding carboxylic acids is 1. The molecule has 0 aliphatic carbocycles. The number of aliphatic imine (C=N–C) groups is 2. The highest BCUT2D eigenvalue weighted by molar-refractivity contribution is 5.95. The van der Waals surface area contributed by atoms with Crippen LogP contribution in [-0.2, 0) is 14.2 Å². The van der Waals surface area contributed by atoms with Crippen LogP contribution < -0.4 is 5.32 Å². The minimum absolute atomic E-state index is 0.193.